The van der Waals surface area contributed by atoms with E-state index in [0.29, 0.717) is 12.3 Å². The standard InChI is InChI=1S/C10H9F3N2S.C9H20O.C3H6/c1-6-3-4-8(16-6)7-5-9(10(11,12)13)15(2)14-7;1-2-3-4-5-6-7-8-9-10;1-3-2/h3-5H,1-2H3;10H,2-9H2,1H3;3H,1H2,2H3. The highest BCUT2D eigenvalue weighted by molar-refractivity contribution is 7.15. The lowest BCUT2D eigenvalue weighted by atomic mass is 10.1. The Balaban J connectivity index is 0.000000520. The van der Waals surface area contributed by atoms with Gasteiger partial charge in [-0.1, -0.05) is 51.5 Å². The van der Waals surface area contributed by atoms with Crippen LogP contribution < -0.4 is 0 Å². The molecule has 29 heavy (non-hydrogen) atoms. The van der Waals surface area contributed by atoms with Crippen LogP contribution in [-0.2, 0) is 13.2 Å². The molecule has 3 nitrogen and oxygen atoms in total. The van der Waals surface area contributed by atoms with E-state index >= 15 is 0 Å². The van der Waals surface area contributed by atoms with Crippen LogP contribution in [0.2, 0.25) is 0 Å². The summed E-state index contributed by atoms with van der Waals surface area (Å²) in [4.78, 5) is 1.80. The normalized spacial score (nSPS) is 10.6. The van der Waals surface area contributed by atoms with E-state index in [4.69, 9.17) is 5.11 Å². The highest BCUT2D eigenvalue weighted by Gasteiger charge is 2.35. The third-order valence-electron chi connectivity index (χ3n) is 3.92. The Kier molecular flexibility index (Phi) is 14.4. The summed E-state index contributed by atoms with van der Waals surface area (Å²) in [5, 5.41) is 12.3. The number of hydrogen-bond donors (Lipinski definition) is 1. The molecule has 0 saturated heterocycles. The van der Waals surface area contributed by atoms with Gasteiger partial charge in [0.25, 0.3) is 0 Å². The van der Waals surface area contributed by atoms with Crippen LogP contribution in [0.15, 0.2) is 30.9 Å². The first-order chi connectivity index (χ1) is 13.7. The summed E-state index contributed by atoms with van der Waals surface area (Å²) in [7, 11) is 1.30. The summed E-state index contributed by atoms with van der Waals surface area (Å²) in [5.74, 6) is 0. The van der Waals surface area contributed by atoms with Crippen LogP contribution in [0.4, 0.5) is 13.2 Å². The number of alkyl halides is 3. The van der Waals surface area contributed by atoms with Crippen LogP contribution in [0, 0.1) is 6.92 Å². The highest BCUT2D eigenvalue weighted by Crippen LogP contribution is 2.33. The number of thiophene rings is 1. The summed E-state index contributed by atoms with van der Waals surface area (Å²) < 4.78 is 38.4. The van der Waals surface area contributed by atoms with E-state index in [1.165, 1.54) is 56.9 Å². The predicted octanol–water partition coefficient (Wildman–Crippen LogP) is 7.40. The third kappa shape index (κ3) is 11.9. The average molecular weight is 433 g/mol. The fourth-order valence-corrected chi connectivity index (χ4v) is 3.32. The number of aliphatic hydroxyl groups is 1. The van der Waals surface area contributed by atoms with Gasteiger partial charge in [-0.2, -0.15) is 18.3 Å². The minimum absolute atomic E-state index is 0.368. The molecule has 0 aliphatic heterocycles. The van der Waals surface area contributed by atoms with Crippen LogP contribution >= 0.6 is 11.3 Å². The van der Waals surface area contributed by atoms with Crippen LogP contribution in [0.1, 0.15) is 69.4 Å². The van der Waals surface area contributed by atoms with Crippen molar-refractivity contribution in [2.45, 2.75) is 71.9 Å². The number of hydrogen-bond acceptors (Lipinski definition) is 3. The van der Waals surface area contributed by atoms with Gasteiger partial charge >= 0.3 is 6.18 Å². The molecule has 0 atom stereocenters. The minimum Gasteiger partial charge on any atom is -0.396 e. The number of rotatable bonds is 8. The van der Waals surface area contributed by atoms with Gasteiger partial charge in [0, 0.05) is 18.5 Å². The van der Waals surface area contributed by atoms with Gasteiger partial charge < -0.3 is 5.11 Å². The van der Waals surface area contributed by atoms with Crippen molar-refractivity contribution in [1.29, 1.82) is 0 Å². The first-order valence-corrected chi connectivity index (χ1v) is 10.9. The van der Waals surface area contributed by atoms with E-state index in [2.05, 4.69) is 18.6 Å². The number of halogens is 3. The lowest BCUT2D eigenvalue weighted by Crippen LogP contribution is -2.11. The predicted molar refractivity (Wildman–Crippen MR) is 117 cm³/mol. The van der Waals surface area contributed by atoms with Crippen molar-refractivity contribution in [3.05, 3.63) is 41.4 Å². The molecule has 166 valence electrons. The SMILES string of the molecule is C=CC.CCCCCCCCCO.Cc1ccc(-c2cc(C(F)(F)F)n(C)n2)s1. The fourth-order valence-electron chi connectivity index (χ4n) is 2.49. The van der Waals surface area contributed by atoms with E-state index < -0.39 is 11.9 Å². The second kappa shape index (κ2) is 15.3. The molecule has 0 aliphatic rings. The van der Waals surface area contributed by atoms with Crippen LogP contribution in [0.25, 0.3) is 10.6 Å². The van der Waals surface area contributed by atoms with Gasteiger partial charge in [0.2, 0.25) is 0 Å². The van der Waals surface area contributed by atoms with Crippen molar-refractivity contribution in [2.24, 2.45) is 7.05 Å². The summed E-state index contributed by atoms with van der Waals surface area (Å²) in [5.41, 5.74) is -0.360. The summed E-state index contributed by atoms with van der Waals surface area (Å²) in [6.07, 6.45) is 6.33. The Hall–Kier alpha value is -1.60. The lowest BCUT2D eigenvalue weighted by Gasteiger charge is -2.04. The first-order valence-electron chi connectivity index (χ1n) is 10.1. The Bertz CT molecular complexity index is 670. The number of aryl methyl sites for hydroxylation is 2. The largest absolute Gasteiger partial charge is 0.433 e. The Labute approximate surface area is 177 Å². The number of aliphatic hydroxyl groups excluding tert-OH is 1. The molecule has 2 aromatic rings. The summed E-state index contributed by atoms with van der Waals surface area (Å²) in [6.45, 7) is 9.75. The molecule has 7 heteroatoms. The lowest BCUT2D eigenvalue weighted by molar-refractivity contribution is -0.143. The second-order valence-corrected chi connectivity index (χ2v) is 7.99. The van der Waals surface area contributed by atoms with Crippen LogP contribution in [0.5, 0.6) is 0 Å². The van der Waals surface area contributed by atoms with Gasteiger partial charge in [-0.3, -0.25) is 4.68 Å². The Morgan fingerprint density at radius 3 is 2.10 bits per heavy atom. The maximum atomic E-state index is 12.5. The summed E-state index contributed by atoms with van der Waals surface area (Å²) in [6, 6.07) is 4.72. The fraction of sp³-hybridized carbons (Fsp3) is 0.591. The Morgan fingerprint density at radius 1 is 1.14 bits per heavy atom. The van der Waals surface area contributed by atoms with Gasteiger partial charge in [-0.15, -0.1) is 17.9 Å². The molecule has 0 aliphatic carbocycles. The van der Waals surface area contributed by atoms with Crippen molar-refractivity contribution in [3.63, 3.8) is 0 Å². The topological polar surface area (TPSA) is 38.0 Å². The van der Waals surface area contributed by atoms with Gasteiger partial charge in [0.1, 0.15) is 11.4 Å². The molecule has 0 fully saturated rings. The van der Waals surface area contributed by atoms with Crippen molar-refractivity contribution in [1.82, 2.24) is 9.78 Å². The second-order valence-electron chi connectivity index (χ2n) is 6.70. The first kappa shape index (κ1) is 27.4. The maximum absolute atomic E-state index is 12.5. The smallest absolute Gasteiger partial charge is 0.396 e. The van der Waals surface area contributed by atoms with Crippen molar-refractivity contribution in [3.8, 4) is 10.6 Å². The molecule has 0 bridgehead atoms. The van der Waals surface area contributed by atoms with Crippen molar-refractivity contribution < 1.29 is 18.3 Å². The molecular weight excluding hydrogens is 397 g/mol. The van der Waals surface area contributed by atoms with Gasteiger partial charge in [0.05, 0.1) is 4.88 Å². The third-order valence-corrected chi connectivity index (χ3v) is 4.95. The number of aromatic nitrogens is 2. The highest BCUT2D eigenvalue weighted by atomic mass is 32.1. The molecule has 2 heterocycles. The van der Waals surface area contributed by atoms with Crippen molar-refractivity contribution >= 4 is 11.3 Å². The minimum atomic E-state index is -4.35. The van der Waals surface area contributed by atoms with E-state index in [1.54, 1.807) is 12.1 Å². The van der Waals surface area contributed by atoms with E-state index in [9.17, 15) is 13.2 Å². The van der Waals surface area contributed by atoms with Gasteiger partial charge in [0.15, 0.2) is 0 Å². The molecule has 0 unspecified atom stereocenters. The van der Waals surface area contributed by atoms with Gasteiger partial charge in [-0.05, 0) is 38.5 Å². The molecule has 0 amide bonds. The van der Waals surface area contributed by atoms with E-state index in [-0.39, 0.29) is 0 Å². The number of nitrogens with zero attached hydrogens (tertiary/aromatic N) is 2. The van der Waals surface area contributed by atoms with Crippen molar-refractivity contribution in [2.75, 3.05) is 6.61 Å². The molecule has 0 saturated carbocycles. The molecule has 1 N–H and O–H groups in total. The molecular formula is C22H35F3N2OS. The number of allylic oxidation sites excluding steroid dienone is 1. The number of unbranched alkanes of at least 4 members (excludes halogenated alkanes) is 6. The molecule has 2 aromatic heterocycles. The zero-order valence-corrected chi connectivity index (χ0v) is 18.9. The van der Waals surface area contributed by atoms with E-state index in [1.807, 2.05) is 19.9 Å². The monoisotopic (exact) mass is 432 g/mol. The van der Waals surface area contributed by atoms with Gasteiger partial charge in [-0.25, -0.2) is 0 Å². The quantitative estimate of drug-likeness (QED) is 0.349. The van der Waals surface area contributed by atoms with Crippen LogP contribution in [0.3, 0.4) is 0 Å². The zero-order valence-electron chi connectivity index (χ0n) is 18.1. The van der Waals surface area contributed by atoms with Crippen LogP contribution in [-0.4, -0.2) is 21.5 Å². The summed E-state index contributed by atoms with van der Waals surface area (Å²) >= 11 is 1.43. The molecule has 2 rings (SSSR count). The molecule has 0 radical (unpaired) electrons. The maximum Gasteiger partial charge on any atom is 0.433 e. The van der Waals surface area contributed by atoms with E-state index in [0.717, 1.165) is 26.9 Å². The zero-order chi connectivity index (χ0) is 22.3. The molecule has 0 aromatic carbocycles. The Morgan fingerprint density at radius 2 is 1.69 bits per heavy atom. The molecule has 0 spiro atoms. The average Bonchev–Trinajstić information content (AvgIpc) is 3.25.